The lowest BCUT2D eigenvalue weighted by atomic mass is 10.0. The van der Waals surface area contributed by atoms with Crippen molar-refractivity contribution < 1.29 is 19.1 Å². The Kier molecular flexibility index (Phi) is 38.5. The Balaban J connectivity index is 4.58. The van der Waals surface area contributed by atoms with Crippen LogP contribution >= 0.6 is 0 Å². The van der Waals surface area contributed by atoms with Crippen molar-refractivity contribution in [3.63, 3.8) is 0 Å². The second kappa shape index (κ2) is 40.5. The van der Waals surface area contributed by atoms with Crippen molar-refractivity contribution in [3.05, 3.63) is 72.9 Å². The molecular weight excluding hydrogens is 655 g/mol. The number of allylic oxidation sites excluding steroid dienone is 12. The summed E-state index contributed by atoms with van der Waals surface area (Å²) in [6, 6.07) is 0. The average Bonchev–Trinajstić information content (AvgIpc) is 3.14. The lowest BCUT2D eigenvalue weighted by molar-refractivity contribution is -0.169. The molecule has 0 aliphatic carbocycles. The molecule has 0 N–H and O–H groups in total. The summed E-state index contributed by atoms with van der Waals surface area (Å²) in [4.78, 5) is 28.2. The molecule has 0 aromatic heterocycles. The standard InChI is InChI=1S/C48H83NO4/c1-6-9-12-14-16-18-20-22-24-26-28-30-32-34-37-42-47(50)52-45(40-36-11-8-3)46(41-39-44-49(4)5)53-48(51)43-38-35-33-31-29-27-25-23-21-19-17-15-13-10-7-2/h9-10,12-13,16-19,22-25,45-46H,6-8,11,14-15,20-21,26-44H2,1-5H3/b12-9-,13-10-,18-16-,19-17-,24-22-,25-23-. The number of hydrogen-bond acceptors (Lipinski definition) is 5. The highest BCUT2D eigenvalue weighted by Gasteiger charge is 2.28. The molecule has 0 fully saturated rings. The summed E-state index contributed by atoms with van der Waals surface area (Å²) in [6.45, 7) is 7.41. The van der Waals surface area contributed by atoms with Gasteiger partial charge in [0.2, 0.25) is 0 Å². The molecule has 0 saturated carbocycles. The largest absolute Gasteiger partial charge is 0.458 e. The summed E-state index contributed by atoms with van der Waals surface area (Å²) in [6.07, 6.45) is 51.8. The molecule has 304 valence electrons. The van der Waals surface area contributed by atoms with E-state index in [1.165, 1.54) is 25.7 Å². The summed E-state index contributed by atoms with van der Waals surface area (Å²) >= 11 is 0. The van der Waals surface area contributed by atoms with Gasteiger partial charge in [0.1, 0.15) is 12.2 Å². The molecule has 2 unspecified atom stereocenters. The highest BCUT2D eigenvalue weighted by molar-refractivity contribution is 5.70. The van der Waals surface area contributed by atoms with Gasteiger partial charge in [0.25, 0.3) is 0 Å². The lowest BCUT2D eigenvalue weighted by Crippen LogP contribution is -2.36. The Morgan fingerprint density at radius 1 is 0.453 bits per heavy atom. The van der Waals surface area contributed by atoms with E-state index < -0.39 is 0 Å². The molecule has 5 heteroatoms. The monoisotopic (exact) mass is 738 g/mol. The minimum atomic E-state index is -0.376. The van der Waals surface area contributed by atoms with E-state index >= 15 is 0 Å². The molecule has 53 heavy (non-hydrogen) atoms. The first-order chi connectivity index (χ1) is 25.9. The Hall–Kier alpha value is -2.66. The number of carbonyl (C=O) groups is 2. The lowest BCUT2D eigenvalue weighted by Gasteiger charge is -2.28. The van der Waals surface area contributed by atoms with Gasteiger partial charge in [-0.15, -0.1) is 0 Å². The van der Waals surface area contributed by atoms with Crippen LogP contribution in [0.3, 0.4) is 0 Å². The van der Waals surface area contributed by atoms with Gasteiger partial charge in [0.05, 0.1) is 0 Å². The highest BCUT2D eigenvalue weighted by atomic mass is 16.6. The van der Waals surface area contributed by atoms with Crippen molar-refractivity contribution in [2.45, 2.75) is 200 Å². The van der Waals surface area contributed by atoms with Gasteiger partial charge in [-0.05, 0) is 123 Å². The van der Waals surface area contributed by atoms with Crippen molar-refractivity contribution in [3.8, 4) is 0 Å². The molecule has 0 saturated heterocycles. The normalized spacial score (nSPS) is 13.6. The SMILES string of the molecule is CC/C=C\C/C=C\C/C=C\CCCCCCCC(=O)OC(CCCCC)C(CCCN(C)C)OC(=O)CCCCCCC/C=C\C/C=C\C/C=C\CC. The molecule has 0 aliphatic heterocycles. The van der Waals surface area contributed by atoms with Gasteiger partial charge in [-0.25, -0.2) is 0 Å². The van der Waals surface area contributed by atoms with Crippen LogP contribution in [0, 0.1) is 0 Å². The fraction of sp³-hybridized carbons (Fsp3) is 0.708. The molecule has 2 atom stereocenters. The van der Waals surface area contributed by atoms with Gasteiger partial charge in [-0.2, -0.15) is 0 Å². The first kappa shape index (κ1) is 50.3. The molecule has 0 rings (SSSR count). The van der Waals surface area contributed by atoms with Gasteiger partial charge in [0, 0.05) is 12.8 Å². The third kappa shape index (κ3) is 37.4. The van der Waals surface area contributed by atoms with E-state index in [0.29, 0.717) is 19.3 Å². The molecular formula is C48H83NO4. The van der Waals surface area contributed by atoms with Gasteiger partial charge in [-0.1, -0.05) is 145 Å². The first-order valence-electron chi connectivity index (χ1n) is 21.9. The Labute approximate surface area is 328 Å². The van der Waals surface area contributed by atoms with Crippen LogP contribution in [0.15, 0.2) is 72.9 Å². The molecule has 0 spiro atoms. The molecule has 5 nitrogen and oxygen atoms in total. The topological polar surface area (TPSA) is 55.8 Å². The van der Waals surface area contributed by atoms with Crippen molar-refractivity contribution in [1.29, 1.82) is 0 Å². The second-order valence-corrected chi connectivity index (χ2v) is 14.7. The maximum Gasteiger partial charge on any atom is 0.306 e. The molecule has 0 radical (unpaired) electrons. The van der Waals surface area contributed by atoms with E-state index in [9.17, 15) is 9.59 Å². The summed E-state index contributed by atoms with van der Waals surface area (Å²) in [5.41, 5.74) is 0. The van der Waals surface area contributed by atoms with Crippen molar-refractivity contribution in [1.82, 2.24) is 4.90 Å². The van der Waals surface area contributed by atoms with Crippen molar-refractivity contribution >= 4 is 11.9 Å². The Morgan fingerprint density at radius 3 is 1.25 bits per heavy atom. The van der Waals surface area contributed by atoms with E-state index in [2.05, 4.69) is 113 Å². The third-order valence-electron chi connectivity index (χ3n) is 9.23. The van der Waals surface area contributed by atoms with Crippen LogP contribution < -0.4 is 0 Å². The molecule has 0 aromatic carbocycles. The van der Waals surface area contributed by atoms with Crippen LogP contribution in [0.4, 0.5) is 0 Å². The van der Waals surface area contributed by atoms with Crippen LogP contribution in [0.1, 0.15) is 188 Å². The van der Waals surface area contributed by atoms with Gasteiger partial charge in [-0.3, -0.25) is 9.59 Å². The zero-order chi connectivity index (χ0) is 38.9. The molecule has 0 aliphatic rings. The van der Waals surface area contributed by atoms with Crippen LogP contribution in [0.2, 0.25) is 0 Å². The molecule has 0 amide bonds. The molecule has 0 aromatic rings. The van der Waals surface area contributed by atoms with Crippen LogP contribution in [0.25, 0.3) is 0 Å². The predicted molar refractivity (Wildman–Crippen MR) is 230 cm³/mol. The minimum absolute atomic E-state index is 0.146. The summed E-state index contributed by atoms with van der Waals surface area (Å²) in [5.74, 6) is -0.295. The third-order valence-corrected chi connectivity index (χ3v) is 9.23. The molecule has 0 heterocycles. The van der Waals surface area contributed by atoms with Crippen LogP contribution in [-0.2, 0) is 19.1 Å². The number of esters is 2. The second-order valence-electron chi connectivity index (χ2n) is 14.7. The maximum atomic E-state index is 13.0. The maximum absolute atomic E-state index is 13.0. The smallest absolute Gasteiger partial charge is 0.306 e. The Morgan fingerprint density at radius 2 is 0.830 bits per heavy atom. The average molecular weight is 738 g/mol. The van der Waals surface area contributed by atoms with Gasteiger partial charge >= 0.3 is 11.9 Å². The summed E-state index contributed by atoms with van der Waals surface area (Å²) in [5, 5.41) is 0. The van der Waals surface area contributed by atoms with E-state index in [-0.39, 0.29) is 24.1 Å². The minimum Gasteiger partial charge on any atom is -0.458 e. The fourth-order valence-corrected chi connectivity index (χ4v) is 6.08. The van der Waals surface area contributed by atoms with Gasteiger partial charge < -0.3 is 14.4 Å². The van der Waals surface area contributed by atoms with Gasteiger partial charge in [0.15, 0.2) is 0 Å². The van der Waals surface area contributed by atoms with E-state index in [1.807, 2.05) is 0 Å². The number of rotatable bonds is 37. The summed E-state index contributed by atoms with van der Waals surface area (Å²) in [7, 11) is 4.12. The first-order valence-corrected chi connectivity index (χ1v) is 21.9. The fourth-order valence-electron chi connectivity index (χ4n) is 6.08. The van der Waals surface area contributed by atoms with E-state index in [1.54, 1.807) is 0 Å². The number of hydrogen-bond donors (Lipinski definition) is 0. The quantitative estimate of drug-likeness (QED) is 0.0361. The summed E-state index contributed by atoms with van der Waals surface area (Å²) < 4.78 is 12.2. The number of carbonyl (C=O) groups excluding carboxylic acids is 2. The van der Waals surface area contributed by atoms with E-state index in [0.717, 1.165) is 129 Å². The predicted octanol–water partition coefficient (Wildman–Crippen LogP) is 13.9. The van der Waals surface area contributed by atoms with E-state index in [4.69, 9.17) is 9.47 Å². The van der Waals surface area contributed by atoms with Crippen molar-refractivity contribution in [2.24, 2.45) is 0 Å². The Bertz CT molecular complexity index is 1010. The zero-order valence-electron chi connectivity index (χ0n) is 35.3. The number of ether oxygens (including phenoxy) is 2. The molecule has 0 bridgehead atoms. The zero-order valence-corrected chi connectivity index (χ0v) is 35.3. The van der Waals surface area contributed by atoms with Crippen molar-refractivity contribution in [2.75, 3.05) is 20.6 Å². The van der Waals surface area contributed by atoms with Crippen LogP contribution in [-0.4, -0.2) is 49.7 Å². The number of nitrogens with zero attached hydrogens (tertiary/aromatic N) is 1. The number of unbranched alkanes of at least 4 members (excludes halogenated alkanes) is 12. The van der Waals surface area contributed by atoms with Crippen LogP contribution in [0.5, 0.6) is 0 Å². The highest BCUT2D eigenvalue weighted by Crippen LogP contribution is 2.21.